The lowest BCUT2D eigenvalue weighted by atomic mass is 9.95. The maximum atomic E-state index is 14.3. The number of rotatable bonds is 11. The van der Waals surface area contributed by atoms with E-state index in [1.54, 1.807) is 52.1 Å². The summed E-state index contributed by atoms with van der Waals surface area (Å²) in [6, 6.07) is 19.5. The fourth-order valence-corrected chi connectivity index (χ4v) is 4.64. The standard InChI is InChI=1S/C33H41N3O6/c1-22-12-17-27(23(2)20-22)29(30(38)34-25-13-15-26(41-6)16-14-25)36(18-19-37)31(39)28(21-24-10-8-7-9-11-24)35-32(40)42-33(3,4)5/h7-17,20,28-29,37H,18-19,21H2,1-6H3,(H,34,38)(H,35,40). The lowest BCUT2D eigenvalue weighted by Crippen LogP contribution is -2.54. The van der Waals surface area contributed by atoms with Gasteiger partial charge in [-0.1, -0.05) is 54.1 Å². The smallest absolute Gasteiger partial charge is 0.408 e. The first-order chi connectivity index (χ1) is 19.9. The van der Waals surface area contributed by atoms with Crippen LogP contribution in [0.1, 0.15) is 49.1 Å². The predicted molar refractivity (Wildman–Crippen MR) is 162 cm³/mol. The first-order valence-corrected chi connectivity index (χ1v) is 13.9. The molecule has 2 unspecified atom stereocenters. The highest BCUT2D eigenvalue weighted by molar-refractivity contribution is 5.99. The second-order valence-electron chi connectivity index (χ2n) is 11.1. The van der Waals surface area contributed by atoms with E-state index in [-0.39, 0.29) is 13.0 Å². The molecule has 0 aliphatic rings. The van der Waals surface area contributed by atoms with Crippen LogP contribution in [0, 0.1) is 13.8 Å². The van der Waals surface area contributed by atoms with Gasteiger partial charge in [0.1, 0.15) is 23.4 Å². The van der Waals surface area contributed by atoms with Gasteiger partial charge in [-0.2, -0.15) is 0 Å². The van der Waals surface area contributed by atoms with Gasteiger partial charge in [0.2, 0.25) is 5.91 Å². The first kappa shape index (κ1) is 32.1. The molecule has 0 aromatic heterocycles. The average Bonchev–Trinajstić information content (AvgIpc) is 2.93. The van der Waals surface area contributed by atoms with E-state index >= 15 is 0 Å². The third-order valence-corrected chi connectivity index (χ3v) is 6.53. The summed E-state index contributed by atoms with van der Waals surface area (Å²) >= 11 is 0. The summed E-state index contributed by atoms with van der Waals surface area (Å²) in [5.41, 5.74) is 2.94. The van der Waals surface area contributed by atoms with E-state index < -0.39 is 42.2 Å². The molecule has 224 valence electrons. The fourth-order valence-electron chi connectivity index (χ4n) is 4.64. The number of alkyl carbamates (subject to hydrolysis) is 1. The lowest BCUT2D eigenvalue weighted by Gasteiger charge is -2.35. The molecule has 0 radical (unpaired) electrons. The monoisotopic (exact) mass is 575 g/mol. The minimum Gasteiger partial charge on any atom is -0.497 e. The van der Waals surface area contributed by atoms with E-state index in [9.17, 15) is 19.5 Å². The molecule has 0 heterocycles. The van der Waals surface area contributed by atoms with Crippen LogP contribution in [0.3, 0.4) is 0 Å². The van der Waals surface area contributed by atoms with E-state index in [1.165, 1.54) is 4.90 Å². The molecule has 9 nitrogen and oxygen atoms in total. The van der Waals surface area contributed by atoms with E-state index in [0.29, 0.717) is 17.0 Å². The molecule has 3 amide bonds. The molecule has 0 aliphatic heterocycles. The zero-order valence-electron chi connectivity index (χ0n) is 25.1. The maximum absolute atomic E-state index is 14.3. The van der Waals surface area contributed by atoms with Gasteiger partial charge >= 0.3 is 6.09 Å². The number of nitrogens with zero attached hydrogens (tertiary/aromatic N) is 1. The van der Waals surface area contributed by atoms with Crippen molar-refractivity contribution in [1.29, 1.82) is 0 Å². The number of methoxy groups -OCH3 is 1. The Morgan fingerprint density at radius 3 is 2.19 bits per heavy atom. The second-order valence-corrected chi connectivity index (χ2v) is 11.1. The van der Waals surface area contributed by atoms with Crippen LogP contribution in [0.2, 0.25) is 0 Å². The van der Waals surface area contributed by atoms with Gasteiger partial charge in [0.25, 0.3) is 5.91 Å². The van der Waals surface area contributed by atoms with Crippen LogP contribution < -0.4 is 15.4 Å². The van der Waals surface area contributed by atoms with Crippen molar-refractivity contribution >= 4 is 23.6 Å². The number of aliphatic hydroxyl groups is 1. The van der Waals surface area contributed by atoms with Gasteiger partial charge in [-0.15, -0.1) is 0 Å². The number of hydrogen-bond donors (Lipinski definition) is 3. The van der Waals surface area contributed by atoms with Gasteiger partial charge in [-0.25, -0.2) is 4.79 Å². The van der Waals surface area contributed by atoms with Crippen LogP contribution >= 0.6 is 0 Å². The highest BCUT2D eigenvalue weighted by atomic mass is 16.6. The third kappa shape index (κ3) is 9.07. The number of carbonyl (C=O) groups is 3. The summed E-state index contributed by atoms with van der Waals surface area (Å²) in [5.74, 6) is -0.369. The molecule has 0 bridgehead atoms. The van der Waals surface area contributed by atoms with Crippen LogP contribution in [0.5, 0.6) is 5.75 Å². The Kier molecular flexibility index (Phi) is 11.1. The SMILES string of the molecule is COc1ccc(NC(=O)C(c2ccc(C)cc2C)N(CCO)C(=O)C(Cc2ccccc2)NC(=O)OC(C)(C)C)cc1. The maximum Gasteiger partial charge on any atom is 0.408 e. The number of hydrogen-bond acceptors (Lipinski definition) is 6. The lowest BCUT2D eigenvalue weighted by molar-refractivity contribution is -0.141. The number of benzene rings is 3. The Morgan fingerprint density at radius 1 is 0.952 bits per heavy atom. The number of anilines is 1. The van der Waals surface area contributed by atoms with Crippen LogP contribution in [0.25, 0.3) is 0 Å². The Bertz CT molecular complexity index is 1350. The van der Waals surface area contributed by atoms with Crippen LogP contribution in [-0.4, -0.2) is 59.8 Å². The van der Waals surface area contributed by atoms with Crippen molar-refractivity contribution in [3.63, 3.8) is 0 Å². The molecular weight excluding hydrogens is 534 g/mol. The highest BCUT2D eigenvalue weighted by Gasteiger charge is 2.37. The molecule has 0 saturated heterocycles. The zero-order valence-corrected chi connectivity index (χ0v) is 25.1. The van der Waals surface area contributed by atoms with Crippen molar-refractivity contribution < 1.29 is 29.0 Å². The van der Waals surface area contributed by atoms with Crippen LogP contribution in [-0.2, 0) is 20.7 Å². The van der Waals surface area contributed by atoms with Gasteiger partial charge in [0, 0.05) is 18.7 Å². The van der Waals surface area contributed by atoms with E-state index in [4.69, 9.17) is 9.47 Å². The molecule has 0 saturated carbocycles. The van der Waals surface area contributed by atoms with E-state index in [0.717, 1.165) is 16.7 Å². The van der Waals surface area contributed by atoms with Crippen LogP contribution in [0.15, 0.2) is 72.8 Å². The largest absolute Gasteiger partial charge is 0.497 e. The molecule has 2 atom stereocenters. The van der Waals surface area contributed by atoms with Gasteiger partial charge in [-0.05, 0) is 75.6 Å². The fraction of sp³-hybridized carbons (Fsp3) is 0.364. The van der Waals surface area contributed by atoms with Crippen molar-refractivity contribution in [3.05, 3.63) is 95.1 Å². The number of aliphatic hydroxyl groups excluding tert-OH is 1. The van der Waals surface area contributed by atoms with Gasteiger partial charge in [-0.3, -0.25) is 9.59 Å². The van der Waals surface area contributed by atoms with Gasteiger partial charge in [0.05, 0.1) is 13.7 Å². The van der Waals surface area contributed by atoms with Crippen molar-refractivity contribution in [2.75, 3.05) is 25.6 Å². The average molecular weight is 576 g/mol. The molecule has 3 aromatic carbocycles. The summed E-state index contributed by atoms with van der Waals surface area (Å²) in [4.78, 5) is 42.5. The summed E-state index contributed by atoms with van der Waals surface area (Å²) in [7, 11) is 1.55. The minimum absolute atomic E-state index is 0.145. The molecule has 42 heavy (non-hydrogen) atoms. The Morgan fingerprint density at radius 2 is 1.62 bits per heavy atom. The van der Waals surface area contributed by atoms with Crippen molar-refractivity contribution in [2.24, 2.45) is 0 Å². The number of aryl methyl sites for hydroxylation is 2. The normalized spacial score (nSPS) is 12.5. The van der Waals surface area contributed by atoms with Gasteiger partial charge in [0.15, 0.2) is 0 Å². The van der Waals surface area contributed by atoms with Crippen molar-refractivity contribution in [3.8, 4) is 5.75 Å². The topological polar surface area (TPSA) is 117 Å². The number of nitrogens with one attached hydrogen (secondary N) is 2. The molecule has 3 aromatic rings. The molecular formula is C33H41N3O6. The zero-order chi connectivity index (χ0) is 30.9. The molecule has 0 fully saturated rings. The summed E-state index contributed by atoms with van der Waals surface area (Å²) in [6.45, 7) is 8.48. The summed E-state index contributed by atoms with van der Waals surface area (Å²) in [6.07, 6.45) is -0.605. The van der Waals surface area contributed by atoms with Gasteiger partial charge < -0.3 is 30.1 Å². The molecule has 0 spiro atoms. The predicted octanol–water partition coefficient (Wildman–Crippen LogP) is 4.95. The number of ether oxygens (including phenoxy) is 2. The van der Waals surface area contributed by atoms with E-state index in [1.807, 2.05) is 62.4 Å². The summed E-state index contributed by atoms with van der Waals surface area (Å²) < 4.78 is 10.7. The highest BCUT2D eigenvalue weighted by Crippen LogP contribution is 2.28. The van der Waals surface area contributed by atoms with Crippen LogP contribution in [0.4, 0.5) is 10.5 Å². The quantitative estimate of drug-likeness (QED) is 0.298. The summed E-state index contributed by atoms with van der Waals surface area (Å²) in [5, 5.41) is 15.7. The third-order valence-electron chi connectivity index (χ3n) is 6.53. The Hall–Kier alpha value is -4.37. The number of amides is 3. The van der Waals surface area contributed by atoms with E-state index in [2.05, 4.69) is 10.6 Å². The molecule has 3 rings (SSSR count). The first-order valence-electron chi connectivity index (χ1n) is 13.9. The molecule has 9 heteroatoms. The van der Waals surface area contributed by atoms with Crippen molar-refractivity contribution in [1.82, 2.24) is 10.2 Å². The molecule has 3 N–H and O–H groups in total. The Labute approximate surface area is 247 Å². The second kappa shape index (κ2) is 14.5. The molecule has 0 aliphatic carbocycles. The Balaban J connectivity index is 2.05. The van der Waals surface area contributed by atoms with Crippen molar-refractivity contribution in [2.45, 2.75) is 58.7 Å². The minimum atomic E-state index is -1.11. The number of carbonyl (C=O) groups excluding carboxylic acids is 3.